The fourth-order valence-corrected chi connectivity index (χ4v) is 2.87. The third kappa shape index (κ3) is 1.61. The van der Waals surface area contributed by atoms with Crippen LogP contribution >= 0.6 is 11.3 Å². The molecular weight excluding hydrogens is 230 g/mol. The van der Waals surface area contributed by atoms with Crippen LogP contribution in [0.5, 0.6) is 0 Å². The number of imidazole rings is 1. The molecule has 0 fully saturated rings. The minimum absolute atomic E-state index is 0.873. The maximum atomic E-state index is 6.02. The van der Waals surface area contributed by atoms with E-state index in [1.807, 2.05) is 17.9 Å². The number of benzene rings is 1. The SMILES string of the molecule is Cc1cc(-c2ccc3c(c2)ncn3C)c(N)s1. The maximum Gasteiger partial charge on any atom is 0.0955 e. The van der Waals surface area contributed by atoms with Gasteiger partial charge in [0.25, 0.3) is 0 Å². The highest BCUT2D eigenvalue weighted by Gasteiger charge is 2.08. The van der Waals surface area contributed by atoms with E-state index < -0.39 is 0 Å². The molecule has 86 valence electrons. The van der Waals surface area contributed by atoms with Crippen LogP contribution in [0.2, 0.25) is 0 Å². The van der Waals surface area contributed by atoms with E-state index >= 15 is 0 Å². The first-order valence-corrected chi connectivity index (χ1v) is 6.24. The number of fused-ring (bicyclic) bond motifs is 1. The Bertz CT molecular complexity index is 694. The summed E-state index contributed by atoms with van der Waals surface area (Å²) >= 11 is 1.63. The molecule has 4 heteroatoms. The molecule has 3 aromatic rings. The number of hydrogen-bond donors (Lipinski definition) is 1. The standard InChI is InChI=1S/C13H13N3S/c1-8-5-10(13(14)17-8)9-3-4-12-11(6-9)15-7-16(12)2/h3-7H,14H2,1-2H3. The Hall–Kier alpha value is -1.81. The molecule has 0 spiro atoms. The van der Waals surface area contributed by atoms with Crippen molar-refractivity contribution in [2.75, 3.05) is 5.73 Å². The summed E-state index contributed by atoms with van der Waals surface area (Å²) < 4.78 is 2.02. The van der Waals surface area contributed by atoms with E-state index in [0.717, 1.165) is 27.2 Å². The smallest absolute Gasteiger partial charge is 0.0955 e. The van der Waals surface area contributed by atoms with Gasteiger partial charge in [0, 0.05) is 17.5 Å². The van der Waals surface area contributed by atoms with Crippen molar-refractivity contribution in [2.24, 2.45) is 7.05 Å². The molecule has 0 radical (unpaired) electrons. The zero-order chi connectivity index (χ0) is 12.0. The zero-order valence-electron chi connectivity index (χ0n) is 9.77. The average molecular weight is 243 g/mol. The Balaban J connectivity index is 2.21. The van der Waals surface area contributed by atoms with Gasteiger partial charge in [-0.1, -0.05) is 6.07 Å². The summed E-state index contributed by atoms with van der Waals surface area (Å²) in [4.78, 5) is 5.60. The van der Waals surface area contributed by atoms with E-state index in [4.69, 9.17) is 5.73 Å². The lowest BCUT2D eigenvalue weighted by molar-refractivity contribution is 0.948. The molecule has 3 rings (SSSR count). The van der Waals surface area contributed by atoms with Crippen LogP contribution in [0.15, 0.2) is 30.6 Å². The van der Waals surface area contributed by atoms with E-state index in [1.165, 1.54) is 4.88 Å². The van der Waals surface area contributed by atoms with Crippen LogP contribution in [0.25, 0.3) is 22.2 Å². The van der Waals surface area contributed by atoms with Gasteiger partial charge in [-0.15, -0.1) is 11.3 Å². The molecule has 1 aromatic carbocycles. The number of nitrogens with two attached hydrogens (primary N) is 1. The van der Waals surface area contributed by atoms with Gasteiger partial charge in [0.05, 0.1) is 22.4 Å². The van der Waals surface area contributed by atoms with Gasteiger partial charge >= 0.3 is 0 Å². The largest absolute Gasteiger partial charge is 0.390 e. The first-order chi connectivity index (χ1) is 8.15. The third-order valence-corrected chi connectivity index (χ3v) is 3.80. The van der Waals surface area contributed by atoms with Crippen molar-refractivity contribution in [1.29, 1.82) is 0 Å². The lowest BCUT2D eigenvalue weighted by atomic mass is 10.1. The number of hydrogen-bond acceptors (Lipinski definition) is 3. The number of aryl methyl sites for hydroxylation is 2. The topological polar surface area (TPSA) is 43.8 Å². The van der Waals surface area contributed by atoms with Crippen molar-refractivity contribution >= 4 is 27.4 Å². The van der Waals surface area contributed by atoms with Crippen LogP contribution in [-0.4, -0.2) is 9.55 Å². The Morgan fingerprint density at radius 3 is 2.82 bits per heavy atom. The van der Waals surface area contributed by atoms with Crippen molar-refractivity contribution in [1.82, 2.24) is 9.55 Å². The van der Waals surface area contributed by atoms with Crippen LogP contribution in [0.4, 0.5) is 5.00 Å². The Labute approximate surface area is 104 Å². The number of nitrogen functional groups attached to an aromatic ring is 1. The molecule has 0 aliphatic carbocycles. The van der Waals surface area contributed by atoms with Gasteiger partial charge < -0.3 is 10.3 Å². The minimum atomic E-state index is 0.873. The molecular formula is C13H13N3S. The number of nitrogens with zero attached hydrogens (tertiary/aromatic N) is 2. The first-order valence-electron chi connectivity index (χ1n) is 5.42. The molecule has 0 unspecified atom stereocenters. The molecule has 0 atom stereocenters. The molecule has 0 bridgehead atoms. The number of thiophene rings is 1. The third-order valence-electron chi connectivity index (χ3n) is 2.92. The van der Waals surface area contributed by atoms with Crippen LogP contribution < -0.4 is 5.73 Å². The van der Waals surface area contributed by atoms with Gasteiger partial charge in [-0.3, -0.25) is 0 Å². The molecule has 0 aliphatic heterocycles. The number of aromatic nitrogens is 2. The first kappa shape index (κ1) is 10.4. The molecule has 2 aromatic heterocycles. The average Bonchev–Trinajstić information content (AvgIpc) is 2.82. The second-order valence-corrected chi connectivity index (χ2v) is 5.48. The van der Waals surface area contributed by atoms with Crippen molar-refractivity contribution in [3.05, 3.63) is 35.5 Å². The van der Waals surface area contributed by atoms with Crippen molar-refractivity contribution in [3.63, 3.8) is 0 Å². The summed E-state index contributed by atoms with van der Waals surface area (Å²) in [7, 11) is 2.00. The Morgan fingerprint density at radius 2 is 2.12 bits per heavy atom. The summed E-state index contributed by atoms with van der Waals surface area (Å²) in [5.41, 5.74) is 10.4. The fourth-order valence-electron chi connectivity index (χ4n) is 2.06. The van der Waals surface area contributed by atoms with Gasteiger partial charge in [-0.25, -0.2) is 4.98 Å². The van der Waals surface area contributed by atoms with Gasteiger partial charge in [0.15, 0.2) is 0 Å². The quantitative estimate of drug-likeness (QED) is 0.713. The molecule has 0 saturated heterocycles. The van der Waals surface area contributed by atoms with Crippen LogP contribution in [0, 0.1) is 6.92 Å². The second-order valence-electron chi connectivity index (χ2n) is 4.19. The summed E-state index contributed by atoms with van der Waals surface area (Å²) in [6.45, 7) is 2.07. The zero-order valence-corrected chi connectivity index (χ0v) is 10.6. The maximum absolute atomic E-state index is 6.02. The van der Waals surface area contributed by atoms with Gasteiger partial charge in [0.2, 0.25) is 0 Å². The van der Waals surface area contributed by atoms with E-state index in [1.54, 1.807) is 11.3 Å². The summed E-state index contributed by atoms with van der Waals surface area (Å²) in [6.07, 6.45) is 1.83. The van der Waals surface area contributed by atoms with Crippen molar-refractivity contribution in [3.8, 4) is 11.1 Å². The van der Waals surface area contributed by atoms with Gasteiger partial charge in [-0.2, -0.15) is 0 Å². The Morgan fingerprint density at radius 1 is 1.29 bits per heavy atom. The van der Waals surface area contributed by atoms with Gasteiger partial charge in [-0.05, 0) is 30.7 Å². The predicted octanol–water partition coefficient (Wildman–Crippen LogP) is 3.19. The molecule has 17 heavy (non-hydrogen) atoms. The summed E-state index contributed by atoms with van der Waals surface area (Å²) in [6, 6.07) is 8.41. The molecule has 3 nitrogen and oxygen atoms in total. The highest BCUT2D eigenvalue weighted by molar-refractivity contribution is 7.16. The van der Waals surface area contributed by atoms with Crippen LogP contribution in [-0.2, 0) is 7.05 Å². The highest BCUT2D eigenvalue weighted by atomic mass is 32.1. The molecule has 0 amide bonds. The summed E-state index contributed by atoms with van der Waals surface area (Å²) in [5, 5.41) is 0.873. The van der Waals surface area contributed by atoms with Crippen LogP contribution in [0.1, 0.15) is 4.88 Å². The van der Waals surface area contributed by atoms with E-state index in [-0.39, 0.29) is 0 Å². The molecule has 0 aliphatic rings. The van der Waals surface area contributed by atoms with E-state index in [0.29, 0.717) is 0 Å². The molecule has 2 N–H and O–H groups in total. The van der Waals surface area contributed by atoms with Crippen molar-refractivity contribution < 1.29 is 0 Å². The second kappa shape index (κ2) is 3.60. The van der Waals surface area contributed by atoms with E-state index in [2.05, 4.69) is 36.2 Å². The number of anilines is 1. The summed E-state index contributed by atoms with van der Waals surface area (Å²) in [5.74, 6) is 0. The number of rotatable bonds is 1. The fraction of sp³-hybridized carbons (Fsp3) is 0.154. The van der Waals surface area contributed by atoms with E-state index in [9.17, 15) is 0 Å². The van der Waals surface area contributed by atoms with Gasteiger partial charge in [0.1, 0.15) is 0 Å². The van der Waals surface area contributed by atoms with Crippen molar-refractivity contribution in [2.45, 2.75) is 6.92 Å². The monoisotopic (exact) mass is 243 g/mol. The predicted molar refractivity (Wildman–Crippen MR) is 73.2 cm³/mol. The molecule has 2 heterocycles. The lowest BCUT2D eigenvalue weighted by Crippen LogP contribution is -1.85. The molecule has 0 saturated carbocycles. The normalized spacial score (nSPS) is 11.2. The minimum Gasteiger partial charge on any atom is -0.390 e. The Kier molecular flexibility index (Phi) is 2.19. The lowest BCUT2D eigenvalue weighted by Gasteiger charge is -2.00. The highest BCUT2D eigenvalue weighted by Crippen LogP contribution is 2.34. The van der Waals surface area contributed by atoms with Crippen LogP contribution in [0.3, 0.4) is 0 Å².